The number of amides is 2. The molecule has 0 aromatic heterocycles. The molecular formula is C17H22N2O4. The highest BCUT2D eigenvalue weighted by Crippen LogP contribution is 2.26. The van der Waals surface area contributed by atoms with Crippen LogP contribution in [0, 0.1) is 5.92 Å². The van der Waals surface area contributed by atoms with E-state index in [4.69, 9.17) is 5.11 Å². The predicted octanol–water partition coefficient (Wildman–Crippen LogP) is 1.62. The van der Waals surface area contributed by atoms with E-state index in [0.717, 1.165) is 12.0 Å². The van der Waals surface area contributed by atoms with Crippen LogP contribution in [0.2, 0.25) is 0 Å². The average Bonchev–Trinajstić information content (AvgIpc) is 2.95. The zero-order chi connectivity index (χ0) is 16.8. The highest BCUT2D eigenvalue weighted by Gasteiger charge is 2.34. The van der Waals surface area contributed by atoms with E-state index in [-0.39, 0.29) is 24.3 Å². The molecule has 1 saturated carbocycles. The van der Waals surface area contributed by atoms with Crippen molar-refractivity contribution in [2.75, 3.05) is 0 Å². The summed E-state index contributed by atoms with van der Waals surface area (Å²) in [4.78, 5) is 34.8. The van der Waals surface area contributed by atoms with Gasteiger partial charge >= 0.3 is 5.97 Å². The van der Waals surface area contributed by atoms with Gasteiger partial charge in [-0.1, -0.05) is 36.8 Å². The summed E-state index contributed by atoms with van der Waals surface area (Å²) in [5.74, 6) is -1.84. The van der Waals surface area contributed by atoms with Gasteiger partial charge in [-0.2, -0.15) is 0 Å². The van der Waals surface area contributed by atoms with Gasteiger partial charge in [0.1, 0.15) is 0 Å². The molecule has 3 atom stereocenters. The Morgan fingerprint density at radius 2 is 1.91 bits per heavy atom. The molecule has 6 heteroatoms. The molecule has 1 aliphatic carbocycles. The van der Waals surface area contributed by atoms with Crippen molar-refractivity contribution >= 4 is 17.8 Å². The van der Waals surface area contributed by atoms with Crippen LogP contribution in [-0.2, 0) is 14.4 Å². The summed E-state index contributed by atoms with van der Waals surface area (Å²) in [7, 11) is 0. The molecule has 23 heavy (non-hydrogen) atoms. The largest absolute Gasteiger partial charge is 0.481 e. The maximum atomic E-state index is 12.3. The normalized spacial score (nSPS) is 21.4. The minimum absolute atomic E-state index is 0.0897. The van der Waals surface area contributed by atoms with E-state index in [2.05, 4.69) is 10.6 Å². The SMILES string of the molecule is CC(=O)NC(CC(=O)N[C@@H]1CCC[C@@H]1C(=O)O)c1ccccc1. The third-order valence-electron chi connectivity index (χ3n) is 4.15. The van der Waals surface area contributed by atoms with Crippen LogP contribution in [0.4, 0.5) is 0 Å². The van der Waals surface area contributed by atoms with Gasteiger partial charge in [0.2, 0.25) is 11.8 Å². The molecule has 124 valence electrons. The molecule has 3 N–H and O–H groups in total. The van der Waals surface area contributed by atoms with Crippen molar-refractivity contribution in [2.45, 2.75) is 44.7 Å². The Hall–Kier alpha value is -2.37. The van der Waals surface area contributed by atoms with Crippen molar-refractivity contribution < 1.29 is 19.5 Å². The van der Waals surface area contributed by atoms with Crippen LogP contribution in [0.25, 0.3) is 0 Å². The first-order valence-corrected chi connectivity index (χ1v) is 7.81. The molecular weight excluding hydrogens is 296 g/mol. The Balaban J connectivity index is 2.00. The van der Waals surface area contributed by atoms with Crippen LogP contribution >= 0.6 is 0 Å². The Labute approximate surface area is 135 Å². The van der Waals surface area contributed by atoms with Gasteiger partial charge in [-0.05, 0) is 18.4 Å². The fraction of sp³-hybridized carbons (Fsp3) is 0.471. The fourth-order valence-corrected chi connectivity index (χ4v) is 3.06. The average molecular weight is 318 g/mol. The number of carbonyl (C=O) groups excluding carboxylic acids is 2. The molecule has 1 fully saturated rings. The first kappa shape index (κ1) is 17.0. The number of carboxylic acid groups (broad SMARTS) is 1. The monoisotopic (exact) mass is 318 g/mol. The van der Waals surface area contributed by atoms with Crippen LogP contribution in [0.5, 0.6) is 0 Å². The van der Waals surface area contributed by atoms with Gasteiger partial charge in [0.25, 0.3) is 0 Å². The molecule has 6 nitrogen and oxygen atoms in total. The van der Waals surface area contributed by atoms with Crippen LogP contribution in [0.1, 0.15) is 44.2 Å². The number of carboxylic acids is 1. The Morgan fingerprint density at radius 3 is 2.52 bits per heavy atom. The maximum Gasteiger partial charge on any atom is 0.308 e. The number of rotatable bonds is 6. The van der Waals surface area contributed by atoms with E-state index in [0.29, 0.717) is 12.8 Å². The van der Waals surface area contributed by atoms with Crippen molar-refractivity contribution in [3.63, 3.8) is 0 Å². The zero-order valence-electron chi connectivity index (χ0n) is 13.1. The Kier molecular flexibility index (Phi) is 5.73. The van der Waals surface area contributed by atoms with Crippen LogP contribution in [0.3, 0.4) is 0 Å². The molecule has 2 rings (SSSR count). The summed E-state index contributed by atoms with van der Waals surface area (Å²) in [6, 6.07) is 8.52. The van der Waals surface area contributed by atoms with E-state index in [9.17, 15) is 14.4 Å². The van der Waals surface area contributed by atoms with Gasteiger partial charge in [0.05, 0.1) is 18.4 Å². The molecule has 1 unspecified atom stereocenters. The number of aliphatic carboxylic acids is 1. The standard InChI is InChI=1S/C17H22N2O4/c1-11(20)18-15(12-6-3-2-4-7-12)10-16(21)19-14-9-5-8-13(14)17(22)23/h2-4,6-7,13-15H,5,8-10H2,1H3,(H,18,20)(H,19,21)(H,22,23)/t13-,14+,15?/m0/s1. The molecule has 1 aromatic carbocycles. The first-order valence-electron chi connectivity index (χ1n) is 7.81. The summed E-state index contributed by atoms with van der Waals surface area (Å²) in [6.45, 7) is 1.41. The lowest BCUT2D eigenvalue weighted by molar-refractivity contribution is -0.142. The summed E-state index contributed by atoms with van der Waals surface area (Å²) < 4.78 is 0. The second kappa shape index (κ2) is 7.76. The molecule has 0 radical (unpaired) electrons. The quantitative estimate of drug-likeness (QED) is 0.743. The van der Waals surface area contributed by atoms with Gasteiger partial charge in [-0.3, -0.25) is 14.4 Å². The second-order valence-electron chi connectivity index (χ2n) is 5.92. The molecule has 1 aliphatic rings. The molecule has 0 bridgehead atoms. The Morgan fingerprint density at radius 1 is 1.22 bits per heavy atom. The second-order valence-corrected chi connectivity index (χ2v) is 5.92. The highest BCUT2D eigenvalue weighted by atomic mass is 16.4. The number of benzene rings is 1. The molecule has 0 aliphatic heterocycles. The Bertz CT molecular complexity index is 573. The van der Waals surface area contributed by atoms with E-state index in [1.165, 1.54) is 6.92 Å². The first-order chi connectivity index (χ1) is 11.0. The number of carbonyl (C=O) groups is 3. The van der Waals surface area contributed by atoms with E-state index in [1.807, 2.05) is 30.3 Å². The lowest BCUT2D eigenvalue weighted by Gasteiger charge is -2.21. The lowest BCUT2D eigenvalue weighted by Crippen LogP contribution is -2.41. The van der Waals surface area contributed by atoms with Crippen LogP contribution < -0.4 is 10.6 Å². The smallest absolute Gasteiger partial charge is 0.308 e. The summed E-state index contributed by atoms with van der Waals surface area (Å²) in [6.07, 6.45) is 2.16. The number of hydrogen-bond donors (Lipinski definition) is 3. The van der Waals surface area contributed by atoms with Crippen LogP contribution in [0.15, 0.2) is 30.3 Å². The van der Waals surface area contributed by atoms with E-state index in [1.54, 1.807) is 0 Å². The van der Waals surface area contributed by atoms with Crippen LogP contribution in [-0.4, -0.2) is 28.9 Å². The summed E-state index contributed by atoms with van der Waals surface area (Å²) in [5, 5.41) is 14.7. The summed E-state index contributed by atoms with van der Waals surface area (Å²) in [5.41, 5.74) is 0.846. The van der Waals surface area contributed by atoms with Crippen molar-refractivity contribution in [2.24, 2.45) is 5.92 Å². The number of hydrogen-bond acceptors (Lipinski definition) is 3. The molecule has 2 amide bonds. The van der Waals surface area contributed by atoms with Gasteiger partial charge in [-0.25, -0.2) is 0 Å². The summed E-state index contributed by atoms with van der Waals surface area (Å²) >= 11 is 0. The predicted molar refractivity (Wildman–Crippen MR) is 84.5 cm³/mol. The third kappa shape index (κ3) is 4.81. The van der Waals surface area contributed by atoms with Crippen molar-refractivity contribution in [1.82, 2.24) is 10.6 Å². The lowest BCUT2D eigenvalue weighted by atomic mass is 10.0. The van der Waals surface area contributed by atoms with Gasteiger partial charge < -0.3 is 15.7 Å². The zero-order valence-corrected chi connectivity index (χ0v) is 13.1. The molecule has 0 heterocycles. The minimum atomic E-state index is -0.866. The van der Waals surface area contributed by atoms with Gasteiger partial charge in [-0.15, -0.1) is 0 Å². The molecule has 1 aromatic rings. The fourth-order valence-electron chi connectivity index (χ4n) is 3.06. The minimum Gasteiger partial charge on any atom is -0.481 e. The van der Waals surface area contributed by atoms with Crippen molar-refractivity contribution in [3.8, 4) is 0 Å². The van der Waals surface area contributed by atoms with Gasteiger partial charge in [0, 0.05) is 13.0 Å². The number of nitrogens with one attached hydrogen (secondary N) is 2. The topological polar surface area (TPSA) is 95.5 Å². The molecule has 0 spiro atoms. The molecule has 0 saturated heterocycles. The highest BCUT2D eigenvalue weighted by molar-refractivity contribution is 5.80. The van der Waals surface area contributed by atoms with Crippen molar-refractivity contribution in [3.05, 3.63) is 35.9 Å². The maximum absolute atomic E-state index is 12.3. The van der Waals surface area contributed by atoms with Crippen molar-refractivity contribution in [1.29, 1.82) is 0 Å². The van der Waals surface area contributed by atoms with E-state index < -0.39 is 17.9 Å². The van der Waals surface area contributed by atoms with Gasteiger partial charge in [0.15, 0.2) is 0 Å². The third-order valence-corrected chi connectivity index (χ3v) is 4.15. The van der Waals surface area contributed by atoms with E-state index >= 15 is 0 Å².